The molecule has 1 aromatic rings. The van der Waals surface area contributed by atoms with E-state index in [0.29, 0.717) is 22.5 Å². The molecule has 2 heterocycles. The Morgan fingerprint density at radius 3 is 2.86 bits per heavy atom. The average molecular weight is 303 g/mol. The highest BCUT2D eigenvalue weighted by atomic mass is 19.3. The maximum atomic E-state index is 12.7. The first-order chi connectivity index (χ1) is 9.99. The number of nitrogens with one attached hydrogen (secondary N) is 1. The maximum absolute atomic E-state index is 12.7. The van der Waals surface area contributed by atoms with Crippen LogP contribution in [0.2, 0.25) is 0 Å². The summed E-state index contributed by atoms with van der Waals surface area (Å²) in [6, 6.07) is 0. The van der Waals surface area contributed by atoms with Gasteiger partial charge < -0.3 is 4.74 Å². The smallest absolute Gasteiger partial charge is 0.333 e. The highest BCUT2D eigenvalue weighted by Gasteiger charge is 2.20. The Labute approximate surface area is 121 Å². The van der Waals surface area contributed by atoms with Gasteiger partial charge in [-0.2, -0.15) is 13.9 Å². The third-order valence-electron chi connectivity index (χ3n) is 3.44. The summed E-state index contributed by atoms with van der Waals surface area (Å²) in [7, 11) is 0. The number of aromatic nitrogens is 2. The lowest BCUT2D eigenvalue weighted by molar-refractivity contribution is -0.200. The predicted molar refractivity (Wildman–Crippen MR) is 69.5 cm³/mol. The fourth-order valence-corrected chi connectivity index (χ4v) is 2.28. The third kappa shape index (κ3) is 3.98. The Kier molecular flexibility index (Phi) is 5.24. The van der Waals surface area contributed by atoms with Crippen molar-refractivity contribution in [2.45, 2.75) is 52.4 Å². The summed E-state index contributed by atoms with van der Waals surface area (Å²) in [5, 5.41) is 3.73. The van der Waals surface area contributed by atoms with E-state index >= 15 is 0 Å². The molecular formula is C13H19F2N3O3. The van der Waals surface area contributed by atoms with Crippen LogP contribution < -0.4 is 5.48 Å². The minimum Gasteiger partial charge on any atom is -0.350 e. The summed E-state index contributed by atoms with van der Waals surface area (Å²) < 4.78 is 31.3. The van der Waals surface area contributed by atoms with Crippen LogP contribution in [-0.2, 0) is 20.8 Å². The van der Waals surface area contributed by atoms with Crippen LogP contribution in [0.1, 0.15) is 42.8 Å². The fraction of sp³-hybridized carbons (Fsp3) is 0.692. The van der Waals surface area contributed by atoms with Crippen LogP contribution in [0.4, 0.5) is 8.78 Å². The summed E-state index contributed by atoms with van der Waals surface area (Å²) in [4.78, 5) is 17.0. The average Bonchev–Trinajstić information content (AvgIpc) is 2.74. The highest BCUT2D eigenvalue weighted by molar-refractivity contribution is 5.78. The molecule has 1 aliphatic rings. The van der Waals surface area contributed by atoms with Gasteiger partial charge in [0.1, 0.15) is 0 Å². The van der Waals surface area contributed by atoms with E-state index in [-0.39, 0.29) is 12.1 Å². The molecule has 1 atom stereocenters. The van der Waals surface area contributed by atoms with Gasteiger partial charge in [0.2, 0.25) is 5.91 Å². The van der Waals surface area contributed by atoms with Crippen molar-refractivity contribution in [2.24, 2.45) is 0 Å². The molecular weight excluding hydrogens is 284 g/mol. The van der Waals surface area contributed by atoms with Crippen molar-refractivity contribution in [2.75, 3.05) is 6.61 Å². The lowest BCUT2D eigenvalue weighted by Crippen LogP contribution is -2.34. The molecule has 1 N–H and O–H groups in total. The van der Waals surface area contributed by atoms with E-state index in [1.807, 2.05) is 0 Å². The molecule has 118 valence electrons. The predicted octanol–water partition coefficient (Wildman–Crippen LogP) is 2.01. The lowest BCUT2D eigenvalue weighted by Gasteiger charge is -2.22. The molecule has 1 fully saturated rings. The van der Waals surface area contributed by atoms with E-state index in [0.717, 1.165) is 19.3 Å². The first-order valence-electron chi connectivity index (χ1n) is 6.88. The molecule has 8 heteroatoms. The summed E-state index contributed by atoms with van der Waals surface area (Å²) in [6.45, 7) is 1.01. The van der Waals surface area contributed by atoms with Crippen LogP contribution in [0.3, 0.4) is 0 Å². The van der Waals surface area contributed by atoms with Gasteiger partial charge in [-0.25, -0.2) is 15.0 Å². The first-order valence-corrected chi connectivity index (χ1v) is 6.88. The Balaban J connectivity index is 1.90. The molecule has 1 aliphatic heterocycles. The fourth-order valence-electron chi connectivity index (χ4n) is 2.28. The quantitative estimate of drug-likeness (QED) is 0.845. The molecule has 0 bridgehead atoms. The monoisotopic (exact) mass is 303 g/mol. The molecule has 21 heavy (non-hydrogen) atoms. The van der Waals surface area contributed by atoms with Gasteiger partial charge in [0.05, 0.1) is 12.1 Å². The van der Waals surface area contributed by atoms with Gasteiger partial charge in [0.25, 0.3) is 0 Å². The third-order valence-corrected chi connectivity index (χ3v) is 3.44. The van der Waals surface area contributed by atoms with Crippen molar-refractivity contribution in [3.8, 4) is 0 Å². The summed E-state index contributed by atoms with van der Waals surface area (Å²) >= 11 is 0. The van der Waals surface area contributed by atoms with Gasteiger partial charge in [0.15, 0.2) is 6.29 Å². The number of hydrogen-bond acceptors (Lipinski definition) is 4. The number of rotatable bonds is 5. The molecule has 6 nitrogen and oxygen atoms in total. The van der Waals surface area contributed by atoms with Crippen molar-refractivity contribution in [1.82, 2.24) is 15.3 Å². The van der Waals surface area contributed by atoms with E-state index in [9.17, 15) is 13.6 Å². The van der Waals surface area contributed by atoms with Crippen molar-refractivity contribution >= 4 is 5.91 Å². The van der Waals surface area contributed by atoms with Gasteiger partial charge in [-0.15, -0.1) is 0 Å². The zero-order valence-electron chi connectivity index (χ0n) is 12.1. The zero-order valence-corrected chi connectivity index (χ0v) is 12.1. The van der Waals surface area contributed by atoms with Crippen LogP contribution in [-0.4, -0.2) is 28.6 Å². The normalized spacial score (nSPS) is 19.0. The number of carbonyl (C=O) groups excluding carboxylic acids is 1. The van der Waals surface area contributed by atoms with Crippen LogP contribution >= 0.6 is 0 Å². The van der Waals surface area contributed by atoms with E-state index in [1.54, 1.807) is 6.92 Å². The van der Waals surface area contributed by atoms with E-state index in [1.165, 1.54) is 6.92 Å². The van der Waals surface area contributed by atoms with E-state index < -0.39 is 18.7 Å². The molecule has 0 saturated carbocycles. The second kappa shape index (κ2) is 6.95. The van der Waals surface area contributed by atoms with Gasteiger partial charge in [-0.3, -0.25) is 4.79 Å². The minimum absolute atomic E-state index is 0.0584. The van der Waals surface area contributed by atoms with Crippen LogP contribution in [0, 0.1) is 13.8 Å². The molecule has 2 rings (SSSR count). The molecule has 1 saturated heterocycles. The molecule has 0 spiro atoms. The number of halogens is 2. The van der Waals surface area contributed by atoms with E-state index in [4.69, 9.17) is 9.57 Å². The molecule has 0 aliphatic carbocycles. The second-order valence-corrected chi connectivity index (χ2v) is 4.99. The van der Waals surface area contributed by atoms with Gasteiger partial charge in [-0.1, -0.05) is 0 Å². The SMILES string of the molecule is Cc1nn(C(F)F)c(C)c1CC(=O)NOC1CCCCO1. The highest BCUT2D eigenvalue weighted by Crippen LogP contribution is 2.19. The molecule has 1 amide bonds. The number of carbonyl (C=O) groups is 1. The molecule has 1 aromatic heterocycles. The standard InChI is InChI=1S/C13H19F2N3O3/c1-8-10(9(2)18(16-8)13(14)15)7-11(19)17-21-12-5-3-4-6-20-12/h12-13H,3-7H2,1-2H3,(H,17,19). The molecule has 0 radical (unpaired) electrons. The summed E-state index contributed by atoms with van der Waals surface area (Å²) in [5.41, 5.74) is 3.49. The van der Waals surface area contributed by atoms with Crippen molar-refractivity contribution < 1.29 is 23.1 Å². The lowest BCUT2D eigenvalue weighted by atomic mass is 10.1. The summed E-state index contributed by atoms with van der Waals surface area (Å²) in [5.74, 6) is -0.413. The van der Waals surface area contributed by atoms with Gasteiger partial charge in [-0.05, 0) is 26.7 Å². The first kappa shape index (κ1) is 15.8. The zero-order chi connectivity index (χ0) is 15.4. The minimum atomic E-state index is -2.72. The number of ether oxygens (including phenoxy) is 1. The van der Waals surface area contributed by atoms with E-state index in [2.05, 4.69) is 10.6 Å². The number of hydroxylamine groups is 1. The Morgan fingerprint density at radius 2 is 2.29 bits per heavy atom. The second-order valence-electron chi connectivity index (χ2n) is 4.99. The largest absolute Gasteiger partial charge is 0.350 e. The number of amides is 1. The number of aryl methyl sites for hydroxylation is 1. The van der Waals surface area contributed by atoms with Gasteiger partial charge in [0, 0.05) is 24.3 Å². The summed E-state index contributed by atoms with van der Waals surface area (Å²) in [6.07, 6.45) is 2.20. The number of nitrogens with zero attached hydrogens (tertiary/aromatic N) is 2. The van der Waals surface area contributed by atoms with Crippen LogP contribution in [0.5, 0.6) is 0 Å². The van der Waals surface area contributed by atoms with Crippen LogP contribution in [0.15, 0.2) is 0 Å². The Hall–Kier alpha value is -1.54. The van der Waals surface area contributed by atoms with Gasteiger partial charge >= 0.3 is 6.55 Å². The van der Waals surface area contributed by atoms with Crippen molar-refractivity contribution in [1.29, 1.82) is 0 Å². The van der Waals surface area contributed by atoms with Crippen molar-refractivity contribution in [3.63, 3.8) is 0 Å². The molecule has 1 unspecified atom stereocenters. The molecule has 0 aromatic carbocycles. The Morgan fingerprint density at radius 1 is 1.52 bits per heavy atom. The van der Waals surface area contributed by atoms with Crippen molar-refractivity contribution in [3.05, 3.63) is 17.0 Å². The number of hydrogen-bond donors (Lipinski definition) is 1. The number of alkyl halides is 2. The Bertz CT molecular complexity index is 499. The van der Waals surface area contributed by atoms with Crippen LogP contribution in [0.25, 0.3) is 0 Å². The maximum Gasteiger partial charge on any atom is 0.333 e. The topological polar surface area (TPSA) is 65.4 Å².